The van der Waals surface area contributed by atoms with Crippen LogP contribution in [0.25, 0.3) is 0 Å². The Morgan fingerprint density at radius 2 is 1.68 bits per heavy atom. The monoisotopic (exact) mass is 559 g/mol. The number of hydrogen-bond acceptors (Lipinski definition) is 5. The first-order valence-electron chi connectivity index (χ1n) is 9.98. The minimum Gasteiger partial charge on any atom is -0.506 e. The lowest BCUT2D eigenvalue weighted by Gasteiger charge is -2.37. The molecule has 1 saturated heterocycles. The van der Waals surface area contributed by atoms with Crippen molar-refractivity contribution in [2.24, 2.45) is 4.99 Å². The molecule has 0 unspecified atom stereocenters. The highest BCUT2D eigenvalue weighted by molar-refractivity contribution is 14.0. The number of para-hydroxylation sites is 2. The third-order valence-corrected chi connectivity index (χ3v) is 6.33. The number of aromatic hydroxyl groups is 1. The zero-order valence-electron chi connectivity index (χ0n) is 17.6. The summed E-state index contributed by atoms with van der Waals surface area (Å²) >= 11 is 0. The normalized spacial score (nSPS) is 14.8. The fraction of sp³-hybridized carbons (Fsp3) is 0.381. The van der Waals surface area contributed by atoms with Gasteiger partial charge in [-0.15, -0.1) is 24.0 Å². The second-order valence-electron chi connectivity index (χ2n) is 7.06. The Bertz CT molecular complexity index is 948. The van der Waals surface area contributed by atoms with Crippen molar-refractivity contribution in [3.05, 3.63) is 60.2 Å². The molecule has 2 aromatic rings. The molecule has 1 fully saturated rings. The van der Waals surface area contributed by atoms with Gasteiger partial charge in [0.15, 0.2) is 5.96 Å². The predicted octanol–water partition coefficient (Wildman–Crippen LogP) is 1.83. The molecule has 0 atom stereocenters. The van der Waals surface area contributed by atoms with Crippen molar-refractivity contribution in [1.82, 2.24) is 14.9 Å². The van der Waals surface area contributed by atoms with E-state index < -0.39 is 10.0 Å². The van der Waals surface area contributed by atoms with E-state index in [-0.39, 0.29) is 48.6 Å². The fourth-order valence-corrected chi connectivity index (χ4v) is 4.28. The van der Waals surface area contributed by atoms with Gasteiger partial charge >= 0.3 is 0 Å². The second-order valence-corrected chi connectivity index (χ2v) is 8.99. The summed E-state index contributed by atoms with van der Waals surface area (Å²) in [7, 11) is -1.69. The van der Waals surface area contributed by atoms with E-state index in [0.29, 0.717) is 5.96 Å². The number of piperazine rings is 1. The highest BCUT2D eigenvalue weighted by Crippen LogP contribution is 2.27. The summed E-state index contributed by atoms with van der Waals surface area (Å²) in [5.41, 5.74) is 1.75. The number of anilines is 1. The van der Waals surface area contributed by atoms with Crippen molar-refractivity contribution >= 4 is 45.6 Å². The number of benzene rings is 2. The number of halogens is 1. The number of nitrogens with one attached hydrogen (secondary N) is 2. The average Bonchev–Trinajstić information content (AvgIpc) is 2.77. The van der Waals surface area contributed by atoms with E-state index >= 15 is 0 Å². The van der Waals surface area contributed by atoms with Crippen LogP contribution in [-0.2, 0) is 16.6 Å². The smallest absolute Gasteiger partial charge is 0.213 e. The zero-order valence-corrected chi connectivity index (χ0v) is 20.7. The van der Waals surface area contributed by atoms with Gasteiger partial charge in [-0.05, 0) is 17.7 Å². The highest BCUT2D eigenvalue weighted by atomic mass is 127. The first kappa shape index (κ1) is 25.2. The molecule has 8 nitrogen and oxygen atoms in total. The summed E-state index contributed by atoms with van der Waals surface area (Å²) in [4.78, 5) is 8.52. The number of sulfonamides is 1. The van der Waals surface area contributed by atoms with Crippen molar-refractivity contribution in [2.45, 2.75) is 6.54 Å². The van der Waals surface area contributed by atoms with E-state index in [0.717, 1.165) is 37.4 Å². The van der Waals surface area contributed by atoms with Crippen LogP contribution < -0.4 is 14.9 Å². The molecular weight excluding hydrogens is 529 g/mol. The van der Waals surface area contributed by atoms with Crippen LogP contribution in [0.3, 0.4) is 0 Å². The van der Waals surface area contributed by atoms with Gasteiger partial charge in [0, 0.05) is 46.3 Å². The molecule has 1 aliphatic rings. The van der Waals surface area contributed by atoms with E-state index in [9.17, 15) is 13.5 Å². The topological polar surface area (TPSA) is 97.3 Å². The van der Waals surface area contributed by atoms with Crippen LogP contribution in [-0.4, -0.2) is 69.9 Å². The number of phenolic OH excluding ortho intramolecular Hbond substituents is 1. The Morgan fingerprint density at radius 1 is 1.03 bits per heavy atom. The first-order chi connectivity index (χ1) is 14.5. The number of hydrogen-bond donors (Lipinski definition) is 3. The van der Waals surface area contributed by atoms with Crippen LogP contribution in [0, 0.1) is 0 Å². The third-order valence-electron chi connectivity index (χ3n) is 5.01. The number of aliphatic imine (C=N–C) groups is 1. The lowest BCUT2D eigenvalue weighted by atomic mass is 10.2. The largest absolute Gasteiger partial charge is 0.506 e. The molecule has 1 heterocycles. The number of guanidine groups is 1. The van der Waals surface area contributed by atoms with E-state index in [2.05, 4.69) is 24.8 Å². The first-order valence-corrected chi connectivity index (χ1v) is 11.6. The average molecular weight is 559 g/mol. The fourth-order valence-electron chi connectivity index (χ4n) is 3.38. The molecule has 1 aliphatic heterocycles. The Morgan fingerprint density at radius 3 is 2.32 bits per heavy atom. The molecule has 170 valence electrons. The number of rotatable bonds is 7. The quantitative estimate of drug-likeness (QED) is 0.272. The van der Waals surface area contributed by atoms with E-state index in [1.807, 2.05) is 48.5 Å². The number of phenols is 1. The van der Waals surface area contributed by atoms with Gasteiger partial charge in [-0.3, -0.25) is 4.99 Å². The SMILES string of the molecule is CN=C(NCCS(=O)(=O)NCc1ccccc1)N1CCN(c2ccccc2O)CC1.I. The van der Waals surface area contributed by atoms with Gasteiger partial charge in [0.05, 0.1) is 11.4 Å². The predicted molar refractivity (Wildman–Crippen MR) is 136 cm³/mol. The zero-order chi connectivity index (χ0) is 21.4. The lowest BCUT2D eigenvalue weighted by Crippen LogP contribution is -2.53. The lowest BCUT2D eigenvalue weighted by molar-refractivity contribution is 0.371. The van der Waals surface area contributed by atoms with Gasteiger partial charge in [0.2, 0.25) is 10.0 Å². The van der Waals surface area contributed by atoms with Crippen LogP contribution in [0.15, 0.2) is 59.6 Å². The van der Waals surface area contributed by atoms with Gasteiger partial charge in [-0.2, -0.15) is 0 Å². The standard InChI is InChI=1S/C21H29N5O3S.HI/c1-22-21(23-11-16-30(28,29)24-17-18-7-3-2-4-8-18)26-14-12-25(13-15-26)19-9-5-6-10-20(19)27;/h2-10,24,27H,11-17H2,1H3,(H,22,23);1H. The van der Waals surface area contributed by atoms with E-state index in [4.69, 9.17) is 0 Å². The van der Waals surface area contributed by atoms with E-state index in [1.165, 1.54) is 0 Å². The molecule has 0 radical (unpaired) electrons. The molecule has 0 aromatic heterocycles. The Labute approximate surface area is 201 Å². The minimum atomic E-state index is -3.39. The molecule has 0 saturated carbocycles. The molecule has 31 heavy (non-hydrogen) atoms. The Hall–Kier alpha value is -2.05. The molecule has 0 amide bonds. The van der Waals surface area contributed by atoms with Crippen molar-refractivity contribution in [2.75, 3.05) is 50.4 Å². The van der Waals surface area contributed by atoms with Crippen molar-refractivity contribution in [1.29, 1.82) is 0 Å². The molecule has 2 aromatic carbocycles. The summed E-state index contributed by atoms with van der Waals surface area (Å²) in [6, 6.07) is 16.8. The minimum absolute atomic E-state index is 0. The molecular formula is C21H30IN5O3S. The Kier molecular flexibility index (Phi) is 9.85. The summed E-state index contributed by atoms with van der Waals surface area (Å²) in [5, 5.41) is 13.2. The summed E-state index contributed by atoms with van der Waals surface area (Å²) < 4.78 is 27.1. The molecule has 3 rings (SSSR count). The third kappa shape index (κ3) is 7.54. The van der Waals surface area contributed by atoms with Gasteiger partial charge in [-0.25, -0.2) is 13.1 Å². The van der Waals surface area contributed by atoms with Crippen LogP contribution in [0.2, 0.25) is 0 Å². The van der Waals surface area contributed by atoms with Crippen LogP contribution in [0.1, 0.15) is 5.56 Å². The summed E-state index contributed by atoms with van der Waals surface area (Å²) in [6.45, 7) is 3.51. The molecule has 10 heteroatoms. The van der Waals surface area contributed by atoms with Crippen LogP contribution in [0.5, 0.6) is 5.75 Å². The van der Waals surface area contributed by atoms with Crippen molar-refractivity contribution in [3.8, 4) is 5.75 Å². The second kappa shape index (κ2) is 12.1. The summed E-state index contributed by atoms with van der Waals surface area (Å²) in [6.07, 6.45) is 0. The van der Waals surface area contributed by atoms with Crippen LogP contribution in [0.4, 0.5) is 5.69 Å². The maximum Gasteiger partial charge on any atom is 0.213 e. The number of nitrogens with zero attached hydrogens (tertiary/aromatic N) is 3. The highest BCUT2D eigenvalue weighted by Gasteiger charge is 2.21. The van der Waals surface area contributed by atoms with Crippen molar-refractivity contribution < 1.29 is 13.5 Å². The maximum absolute atomic E-state index is 12.2. The van der Waals surface area contributed by atoms with Crippen molar-refractivity contribution in [3.63, 3.8) is 0 Å². The molecule has 3 N–H and O–H groups in total. The van der Waals surface area contributed by atoms with Gasteiger partial charge < -0.3 is 20.2 Å². The molecule has 0 bridgehead atoms. The van der Waals surface area contributed by atoms with Gasteiger partial charge in [0.1, 0.15) is 5.75 Å². The summed E-state index contributed by atoms with van der Waals surface area (Å²) in [5.74, 6) is 0.934. The van der Waals surface area contributed by atoms with E-state index in [1.54, 1.807) is 13.1 Å². The molecule has 0 spiro atoms. The maximum atomic E-state index is 12.2. The van der Waals surface area contributed by atoms with Gasteiger partial charge in [0.25, 0.3) is 0 Å². The van der Waals surface area contributed by atoms with Crippen LogP contribution >= 0.6 is 24.0 Å². The molecule has 0 aliphatic carbocycles. The Balaban J connectivity index is 0.00000341. The van der Waals surface area contributed by atoms with Gasteiger partial charge in [-0.1, -0.05) is 42.5 Å².